The fourth-order valence-electron chi connectivity index (χ4n) is 3.86. The lowest BCUT2D eigenvalue weighted by Gasteiger charge is -2.18. The molecular weight excluding hydrogens is 416 g/mol. The summed E-state index contributed by atoms with van der Waals surface area (Å²) in [4.78, 5) is 49.4. The Morgan fingerprint density at radius 3 is 2.62 bits per heavy atom. The van der Waals surface area contributed by atoms with Crippen LogP contribution in [0, 0.1) is 10.1 Å². The third kappa shape index (κ3) is 4.39. The summed E-state index contributed by atoms with van der Waals surface area (Å²) >= 11 is 0. The number of oxazole rings is 1. The van der Waals surface area contributed by atoms with Gasteiger partial charge in [0.15, 0.2) is 5.58 Å². The molecule has 2 heterocycles. The molecule has 4 rings (SSSR count). The zero-order valence-corrected chi connectivity index (χ0v) is 17.3. The van der Waals surface area contributed by atoms with Crippen LogP contribution in [0.3, 0.4) is 0 Å². The number of nitro groups is 1. The number of para-hydroxylation sites is 1. The molecule has 0 radical (unpaired) electrons. The van der Waals surface area contributed by atoms with Crippen molar-refractivity contribution in [3.05, 3.63) is 68.7 Å². The molecule has 0 saturated carbocycles. The van der Waals surface area contributed by atoms with Crippen molar-refractivity contribution in [2.75, 3.05) is 18.4 Å². The molecule has 1 aliphatic heterocycles. The van der Waals surface area contributed by atoms with Crippen molar-refractivity contribution in [1.82, 2.24) is 9.47 Å². The van der Waals surface area contributed by atoms with Crippen LogP contribution < -0.4 is 11.1 Å². The second-order valence-electron chi connectivity index (χ2n) is 7.63. The van der Waals surface area contributed by atoms with E-state index in [-0.39, 0.29) is 36.1 Å². The number of aryl methyl sites for hydroxylation is 1. The predicted octanol–water partition coefficient (Wildman–Crippen LogP) is 3.16. The largest absolute Gasteiger partial charge is 0.419 e. The molecule has 0 unspecified atom stereocenters. The predicted molar refractivity (Wildman–Crippen MR) is 117 cm³/mol. The maximum absolute atomic E-state index is 12.7. The van der Waals surface area contributed by atoms with Gasteiger partial charge in [0.1, 0.15) is 0 Å². The summed E-state index contributed by atoms with van der Waals surface area (Å²) in [6.45, 7) is 1.65. The molecule has 0 spiro atoms. The quantitative estimate of drug-likeness (QED) is 0.446. The molecule has 2 amide bonds. The van der Waals surface area contributed by atoms with Gasteiger partial charge in [0, 0.05) is 32.1 Å². The lowest BCUT2D eigenvalue weighted by Crippen LogP contribution is -2.28. The number of benzene rings is 2. The van der Waals surface area contributed by atoms with E-state index in [0.717, 1.165) is 25.9 Å². The van der Waals surface area contributed by atoms with Gasteiger partial charge in [0.05, 0.1) is 27.8 Å². The number of likely N-dealkylation sites (tertiary alicyclic amines) is 1. The minimum Gasteiger partial charge on any atom is -0.407 e. The summed E-state index contributed by atoms with van der Waals surface area (Å²) in [6, 6.07) is 10.9. The molecule has 1 N–H and O–H groups in total. The number of nitrogens with zero attached hydrogens (tertiary/aromatic N) is 3. The fraction of sp³-hybridized carbons (Fsp3) is 0.318. The van der Waals surface area contributed by atoms with Crippen LogP contribution in [0.2, 0.25) is 0 Å². The first kappa shape index (κ1) is 21.3. The Hall–Kier alpha value is -3.95. The summed E-state index contributed by atoms with van der Waals surface area (Å²) in [6.07, 6.45) is 2.43. The third-order valence-electron chi connectivity index (χ3n) is 5.47. The summed E-state index contributed by atoms with van der Waals surface area (Å²) in [5.41, 5.74) is 1.32. The van der Waals surface area contributed by atoms with Gasteiger partial charge >= 0.3 is 5.76 Å². The number of aromatic nitrogens is 1. The molecule has 2 aromatic carbocycles. The van der Waals surface area contributed by atoms with Gasteiger partial charge in [-0.1, -0.05) is 12.1 Å². The summed E-state index contributed by atoms with van der Waals surface area (Å²) in [5, 5.41) is 13.7. The third-order valence-corrected chi connectivity index (χ3v) is 5.47. The molecule has 10 heteroatoms. The maximum Gasteiger partial charge on any atom is 0.419 e. The van der Waals surface area contributed by atoms with Crippen LogP contribution in [-0.2, 0) is 11.3 Å². The molecule has 0 bridgehead atoms. The number of fused-ring (bicyclic) bond motifs is 1. The van der Waals surface area contributed by atoms with Gasteiger partial charge in [-0.15, -0.1) is 0 Å². The molecule has 0 aliphatic carbocycles. The molecule has 1 saturated heterocycles. The van der Waals surface area contributed by atoms with E-state index in [2.05, 4.69) is 5.32 Å². The van der Waals surface area contributed by atoms with E-state index in [1.54, 1.807) is 29.2 Å². The SMILES string of the molecule is O=C(CCCn1c(=O)oc2cc([N+](=O)[O-])ccc21)Nc1ccccc1C(=O)N1CCCC1. The van der Waals surface area contributed by atoms with Gasteiger partial charge < -0.3 is 14.6 Å². The van der Waals surface area contributed by atoms with Gasteiger partial charge in [-0.2, -0.15) is 0 Å². The smallest absolute Gasteiger partial charge is 0.407 e. The number of non-ortho nitro benzene ring substituents is 1. The average Bonchev–Trinajstić information content (AvgIpc) is 3.41. The van der Waals surface area contributed by atoms with Crippen LogP contribution in [0.4, 0.5) is 11.4 Å². The van der Waals surface area contributed by atoms with Gasteiger partial charge in [-0.3, -0.25) is 24.3 Å². The standard InChI is InChI=1S/C22H22N4O6/c27-20(23-17-7-2-1-6-16(17)21(28)24-11-3-4-12-24)8-5-13-25-18-10-9-15(26(30)31)14-19(18)32-22(25)29/h1-2,6-7,9-10,14H,3-5,8,11-13H2,(H,23,27). The van der Waals surface area contributed by atoms with Gasteiger partial charge in [0.2, 0.25) is 5.91 Å². The number of nitro benzene ring substituents is 1. The summed E-state index contributed by atoms with van der Waals surface area (Å²) in [5.74, 6) is -1.01. The molecule has 166 valence electrons. The number of hydrogen-bond acceptors (Lipinski definition) is 6. The van der Waals surface area contributed by atoms with E-state index in [1.807, 2.05) is 0 Å². The molecule has 32 heavy (non-hydrogen) atoms. The normalized spacial score (nSPS) is 13.4. The van der Waals surface area contributed by atoms with E-state index < -0.39 is 10.7 Å². The zero-order chi connectivity index (χ0) is 22.7. The van der Waals surface area contributed by atoms with E-state index in [1.165, 1.54) is 22.8 Å². The monoisotopic (exact) mass is 438 g/mol. The van der Waals surface area contributed by atoms with E-state index in [9.17, 15) is 24.5 Å². The van der Waals surface area contributed by atoms with Crippen LogP contribution >= 0.6 is 0 Å². The molecule has 1 fully saturated rings. The highest BCUT2D eigenvalue weighted by Crippen LogP contribution is 2.22. The lowest BCUT2D eigenvalue weighted by molar-refractivity contribution is -0.384. The number of carbonyl (C=O) groups is 2. The fourth-order valence-corrected chi connectivity index (χ4v) is 3.86. The van der Waals surface area contributed by atoms with E-state index >= 15 is 0 Å². The van der Waals surface area contributed by atoms with Crippen molar-refractivity contribution in [3.63, 3.8) is 0 Å². The number of carbonyl (C=O) groups excluding carboxylic acids is 2. The van der Waals surface area contributed by atoms with Crippen LogP contribution in [0.25, 0.3) is 11.1 Å². The van der Waals surface area contributed by atoms with Crippen molar-refractivity contribution >= 4 is 34.3 Å². The van der Waals surface area contributed by atoms with Crippen LogP contribution in [-0.4, -0.2) is 39.3 Å². The molecule has 1 aliphatic rings. The van der Waals surface area contributed by atoms with Gasteiger partial charge in [-0.25, -0.2) is 4.79 Å². The molecule has 10 nitrogen and oxygen atoms in total. The molecule has 1 aromatic heterocycles. The average molecular weight is 438 g/mol. The Balaban J connectivity index is 1.39. The second-order valence-corrected chi connectivity index (χ2v) is 7.63. The minimum absolute atomic E-state index is 0.0936. The number of hydrogen-bond donors (Lipinski definition) is 1. The highest BCUT2D eigenvalue weighted by atomic mass is 16.6. The Kier molecular flexibility index (Phi) is 6.02. The lowest BCUT2D eigenvalue weighted by atomic mass is 10.1. The Morgan fingerprint density at radius 1 is 1.12 bits per heavy atom. The zero-order valence-electron chi connectivity index (χ0n) is 17.3. The highest BCUT2D eigenvalue weighted by molar-refractivity contribution is 6.03. The summed E-state index contributed by atoms with van der Waals surface area (Å²) < 4.78 is 6.44. The number of nitrogens with one attached hydrogen (secondary N) is 1. The first-order valence-electron chi connectivity index (χ1n) is 10.4. The van der Waals surface area contributed by atoms with Crippen molar-refractivity contribution in [3.8, 4) is 0 Å². The topological polar surface area (TPSA) is 128 Å². The first-order chi connectivity index (χ1) is 15.4. The Morgan fingerprint density at radius 2 is 1.88 bits per heavy atom. The van der Waals surface area contributed by atoms with Crippen molar-refractivity contribution in [2.24, 2.45) is 0 Å². The minimum atomic E-state index is -0.637. The Labute approximate surface area is 182 Å². The van der Waals surface area contributed by atoms with Gasteiger partial charge in [-0.05, 0) is 37.5 Å². The number of anilines is 1. The summed E-state index contributed by atoms with van der Waals surface area (Å²) in [7, 11) is 0. The maximum atomic E-state index is 12.7. The van der Waals surface area contributed by atoms with Crippen molar-refractivity contribution in [1.29, 1.82) is 0 Å². The van der Waals surface area contributed by atoms with E-state index in [4.69, 9.17) is 4.42 Å². The van der Waals surface area contributed by atoms with Crippen LogP contribution in [0.1, 0.15) is 36.0 Å². The number of amides is 2. The molecule has 3 aromatic rings. The van der Waals surface area contributed by atoms with Crippen molar-refractivity contribution in [2.45, 2.75) is 32.2 Å². The first-order valence-corrected chi connectivity index (χ1v) is 10.4. The van der Waals surface area contributed by atoms with Crippen molar-refractivity contribution < 1.29 is 18.9 Å². The molecular formula is C22H22N4O6. The molecule has 0 atom stereocenters. The van der Waals surface area contributed by atoms with Crippen LogP contribution in [0.15, 0.2) is 51.7 Å². The van der Waals surface area contributed by atoms with E-state index in [0.29, 0.717) is 23.2 Å². The number of rotatable bonds is 7. The Bertz CT molecular complexity index is 1240. The highest BCUT2D eigenvalue weighted by Gasteiger charge is 2.22. The second kappa shape index (κ2) is 9.04. The van der Waals surface area contributed by atoms with Gasteiger partial charge in [0.25, 0.3) is 11.6 Å². The van der Waals surface area contributed by atoms with Crippen LogP contribution in [0.5, 0.6) is 0 Å².